The van der Waals surface area contributed by atoms with Crippen molar-refractivity contribution in [1.29, 1.82) is 5.26 Å². The van der Waals surface area contributed by atoms with Crippen molar-refractivity contribution in [2.75, 3.05) is 11.1 Å². The maximum Gasteiger partial charge on any atom is 0.0670 e. The summed E-state index contributed by atoms with van der Waals surface area (Å²) in [4.78, 5) is 2.61. The first-order chi connectivity index (χ1) is 9.10. The van der Waals surface area contributed by atoms with E-state index in [0.717, 1.165) is 11.3 Å². The molecule has 0 aliphatic carbocycles. The molecule has 0 amide bonds. The van der Waals surface area contributed by atoms with E-state index in [1.54, 1.807) is 11.3 Å². The molecule has 98 valence electrons. The van der Waals surface area contributed by atoms with Crippen LogP contribution < -0.4 is 11.1 Å². The number of anilines is 2. The summed E-state index contributed by atoms with van der Waals surface area (Å²) in [6, 6.07) is 12.4. The molecule has 1 atom stereocenters. The number of hydrogen-bond acceptors (Lipinski definition) is 4. The normalized spacial score (nSPS) is 11.8. The second-order valence-corrected chi connectivity index (χ2v) is 5.88. The van der Waals surface area contributed by atoms with Crippen molar-refractivity contribution in [3.05, 3.63) is 45.6 Å². The highest BCUT2D eigenvalue weighted by atomic mass is 32.1. The maximum atomic E-state index is 8.77. The smallest absolute Gasteiger partial charge is 0.0670 e. The number of nitrogens with zero attached hydrogens (tertiary/aromatic N) is 1. The number of nitrogens with one attached hydrogen (secondary N) is 1. The molecule has 0 fully saturated rings. The van der Waals surface area contributed by atoms with Gasteiger partial charge in [0.1, 0.15) is 0 Å². The quantitative estimate of drug-likeness (QED) is 0.830. The molecule has 0 spiro atoms. The third kappa shape index (κ3) is 3.27. The molecule has 1 unspecified atom stereocenters. The molecular weight excluding hydrogens is 254 g/mol. The standard InChI is InChI=1S/C15H17N3S/c1-10-3-6-15(19-10)11(2)18-13-4-5-14(17)12(9-13)7-8-16/h3-6,9,11,18H,7,17H2,1-2H3. The summed E-state index contributed by atoms with van der Waals surface area (Å²) in [6.45, 7) is 4.24. The van der Waals surface area contributed by atoms with Gasteiger partial charge in [-0.3, -0.25) is 0 Å². The Morgan fingerprint density at radius 2 is 2.16 bits per heavy atom. The molecule has 4 heteroatoms. The molecule has 0 bridgehead atoms. The maximum absolute atomic E-state index is 8.77. The summed E-state index contributed by atoms with van der Waals surface area (Å²) >= 11 is 1.79. The Bertz CT molecular complexity index is 610. The number of rotatable bonds is 4. The van der Waals surface area contributed by atoms with Gasteiger partial charge in [0.25, 0.3) is 0 Å². The lowest BCUT2D eigenvalue weighted by atomic mass is 10.1. The van der Waals surface area contributed by atoms with Crippen molar-refractivity contribution in [3.63, 3.8) is 0 Å². The Kier molecular flexibility index (Phi) is 4.08. The molecule has 0 aliphatic heterocycles. The number of thiophene rings is 1. The zero-order valence-corrected chi connectivity index (χ0v) is 11.9. The summed E-state index contributed by atoms with van der Waals surface area (Å²) in [6.07, 6.45) is 0.341. The van der Waals surface area contributed by atoms with Gasteiger partial charge in [0.05, 0.1) is 18.5 Å². The Hall–Kier alpha value is -1.99. The van der Waals surface area contributed by atoms with Gasteiger partial charge in [-0.25, -0.2) is 0 Å². The minimum atomic E-state index is 0.247. The average molecular weight is 271 g/mol. The van der Waals surface area contributed by atoms with E-state index in [1.807, 2.05) is 18.2 Å². The third-order valence-corrected chi connectivity index (χ3v) is 4.17. The predicted octanol–water partition coefficient (Wildman–Crippen LogP) is 3.88. The SMILES string of the molecule is Cc1ccc(C(C)Nc2ccc(N)c(CC#N)c2)s1. The van der Waals surface area contributed by atoms with Gasteiger partial charge in [-0.2, -0.15) is 5.26 Å². The van der Waals surface area contributed by atoms with Gasteiger partial charge in [-0.1, -0.05) is 0 Å². The second-order valence-electron chi connectivity index (χ2n) is 4.56. The molecular formula is C15H17N3S. The molecule has 2 aromatic rings. The largest absolute Gasteiger partial charge is 0.398 e. The molecule has 0 saturated heterocycles. The number of nitrogen functional groups attached to an aromatic ring is 1. The van der Waals surface area contributed by atoms with Gasteiger partial charge in [0, 0.05) is 21.1 Å². The predicted molar refractivity (Wildman–Crippen MR) is 81.3 cm³/mol. The number of hydrogen-bond donors (Lipinski definition) is 2. The van der Waals surface area contributed by atoms with Gasteiger partial charge in [0.2, 0.25) is 0 Å². The zero-order valence-electron chi connectivity index (χ0n) is 11.1. The average Bonchev–Trinajstić information content (AvgIpc) is 2.80. The molecule has 0 radical (unpaired) electrons. The molecule has 0 saturated carbocycles. The Morgan fingerprint density at radius 1 is 1.37 bits per heavy atom. The Balaban J connectivity index is 2.15. The van der Waals surface area contributed by atoms with E-state index in [9.17, 15) is 0 Å². The van der Waals surface area contributed by atoms with Crippen LogP contribution in [0.3, 0.4) is 0 Å². The minimum absolute atomic E-state index is 0.247. The van der Waals surface area contributed by atoms with Crippen LogP contribution in [0.15, 0.2) is 30.3 Å². The fourth-order valence-corrected chi connectivity index (χ4v) is 2.82. The van der Waals surface area contributed by atoms with Gasteiger partial charge < -0.3 is 11.1 Å². The van der Waals surface area contributed by atoms with Crippen molar-refractivity contribution in [3.8, 4) is 6.07 Å². The highest BCUT2D eigenvalue weighted by Crippen LogP contribution is 2.27. The van der Waals surface area contributed by atoms with Crippen LogP contribution in [0.5, 0.6) is 0 Å². The lowest BCUT2D eigenvalue weighted by molar-refractivity contribution is 0.907. The van der Waals surface area contributed by atoms with E-state index >= 15 is 0 Å². The topological polar surface area (TPSA) is 61.8 Å². The highest BCUT2D eigenvalue weighted by Gasteiger charge is 2.08. The van der Waals surface area contributed by atoms with Crippen molar-refractivity contribution >= 4 is 22.7 Å². The first kappa shape index (κ1) is 13.4. The van der Waals surface area contributed by atoms with Gasteiger partial charge in [-0.15, -0.1) is 11.3 Å². The van der Waals surface area contributed by atoms with Crippen molar-refractivity contribution in [2.24, 2.45) is 0 Å². The Morgan fingerprint density at radius 3 is 2.79 bits per heavy atom. The molecule has 3 N–H and O–H groups in total. The van der Waals surface area contributed by atoms with E-state index in [2.05, 4.69) is 37.4 Å². The molecule has 1 heterocycles. The molecule has 0 aliphatic rings. The van der Waals surface area contributed by atoms with Crippen LogP contribution in [-0.2, 0) is 6.42 Å². The molecule has 2 rings (SSSR count). The third-order valence-electron chi connectivity index (χ3n) is 2.98. The van der Waals surface area contributed by atoms with E-state index in [1.165, 1.54) is 9.75 Å². The van der Waals surface area contributed by atoms with Crippen LogP contribution in [0.2, 0.25) is 0 Å². The molecule has 1 aromatic heterocycles. The molecule has 1 aromatic carbocycles. The van der Waals surface area contributed by atoms with Crippen LogP contribution in [0.4, 0.5) is 11.4 Å². The first-order valence-electron chi connectivity index (χ1n) is 6.18. The highest BCUT2D eigenvalue weighted by molar-refractivity contribution is 7.12. The summed E-state index contributed by atoms with van der Waals surface area (Å²) in [5.41, 5.74) is 8.39. The summed E-state index contributed by atoms with van der Waals surface area (Å²) in [7, 11) is 0. The van der Waals surface area contributed by atoms with E-state index in [0.29, 0.717) is 12.1 Å². The minimum Gasteiger partial charge on any atom is -0.398 e. The van der Waals surface area contributed by atoms with Crippen molar-refractivity contribution in [1.82, 2.24) is 0 Å². The van der Waals surface area contributed by atoms with E-state index in [4.69, 9.17) is 11.0 Å². The van der Waals surface area contributed by atoms with Crippen LogP contribution in [0.1, 0.15) is 28.3 Å². The lowest BCUT2D eigenvalue weighted by Gasteiger charge is -2.15. The first-order valence-corrected chi connectivity index (χ1v) is 7.00. The monoisotopic (exact) mass is 271 g/mol. The fraction of sp³-hybridized carbons (Fsp3) is 0.267. The van der Waals surface area contributed by atoms with Crippen LogP contribution in [0, 0.1) is 18.3 Å². The van der Waals surface area contributed by atoms with Gasteiger partial charge in [-0.05, 0) is 49.7 Å². The Labute approximate surface area is 117 Å². The lowest BCUT2D eigenvalue weighted by Crippen LogP contribution is -2.05. The summed E-state index contributed by atoms with van der Waals surface area (Å²) in [5.74, 6) is 0. The number of nitriles is 1. The summed E-state index contributed by atoms with van der Waals surface area (Å²) < 4.78 is 0. The number of aryl methyl sites for hydroxylation is 1. The molecule has 3 nitrogen and oxygen atoms in total. The van der Waals surface area contributed by atoms with E-state index < -0.39 is 0 Å². The zero-order chi connectivity index (χ0) is 13.8. The van der Waals surface area contributed by atoms with Crippen LogP contribution >= 0.6 is 11.3 Å². The van der Waals surface area contributed by atoms with Crippen molar-refractivity contribution in [2.45, 2.75) is 26.3 Å². The summed E-state index contributed by atoms with van der Waals surface area (Å²) in [5, 5.41) is 12.2. The molecule has 19 heavy (non-hydrogen) atoms. The van der Waals surface area contributed by atoms with Gasteiger partial charge in [0.15, 0.2) is 0 Å². The van der Waals surface area contributed by atoms with Crippen LogP contribution in [-0.4, -0.2) is 0 Å². The number of nitrogens with two attached hydrogens (primary N) is 1. The number of benzene rings is 1. The van der Waals surface area contributed by atoms with Gasteiger partial charge >= 0.3 is 0 Å². The fourth-order valence-electron chi connectivity index (χ4n) is 1.94. The van der Waals surface area contributed by atoms with Crippen molar-refractivity contribution < 1.29 is 0 Å². The van der Waals surface area contributed by atoms with E-state index in [-0.39, 0.29) is 6.04 Å². The van der Waals surface area contributed by atoms with Crippen LogP contribution in [0.25, 0.3) is 0 Å². The second kappa shape index (κ2) is 5.77.